The van der Waals surface area contributed by atoms with Crippen LogP contribution in [0.3, 0.4) is 0 Å². The highest BCUT2D eigenvalue weighted by molar-refractivity contribution is 7.93. The molecule has 4 rings (SSSR count). The Morgan fingerprint density at radius 3 is 2.05 bits per heavy atom. The predicted octanol–water partition coefficient (Wildman–Crippen LogP) is 5.32. The molecule has 0 bridgehead atoms. The number of hydrogen-bond donors (Lipinski definition) is 0. The van der Waals surface area contributed by atoms with E-state index < -0.39 is 15.9 Å². The van der Waals surface area contributed by atoms with Crippen molar-refractivity contribution in [1.82, 2.24) is 4.90 Å². The smallest absolute Gasteiger partial charge is 0.270 e. The van der Waals surface area contributed by atoms with E-state index in [1.54, 1.807) is 36.4 Å². The molecule has 10 heteroatoms. The lowest BCUT2D eigenvalue weighted by molar-refractivity contribution is -0.117. The maximum Gasteiger partial charge on any atom is 0.270 e. The molecule has 0 fully saturated rings. The summed E-state index contributed by atoms with van der Waals surface area (Å²) in [5, 5.41) is 0.376. The highest BCUT2D eigenvalue weighted by Crippen LogP contribution is 2.28. The molecule has 38 heavy (non-hydrogen) atoms. The van der Waals surface area contributed by atoms with Gasteiger partial charge in [0.15, 0.2) is 0 Å². The number of benzene rings is 3. The van der Waals surface area contributed by atoms with Crippen molar-refractivity contribution in [2.45, 2.75) is 37.5 Å². The van der Waals surface area contributed by atoms with Crippen LogP contribution in [0, 0.1) is 0 Å². The number of fused-ring (bicyclic) bond motifs is 1. The van der Waals surface area contributed by atoms with Crippen molar-refractivity contribution in [1.29, 1.82) is 0 Å². The zero-order chi connectivity index (χ0) is 27.3. The van der Waals surface area contributed by atoms with Crippen molar-refractivity contribution in [3.63, 3.8) is 0 Å². The number of halogens is 1. The Hall–Kier alpha value is -3.69. The van der Waals surface area contributed by atoms with Crippen LogP contribution < -0.4 is 9.04 Å². The van der Waals surface area contributed by atoms with Gasteiger partial charge in [-0.3, -0.25) is 19.3 Å². The topological polar surface area (TPSA) is 101 Å². The fourth-order valence-electron chi connectivity index (χ4n) is 4.24. The summed E-state index contributed by atoms with van der Waals surface area (Å²) in [6, 6.07) is 18.6. The molecule has 1 aliphatic rings. The molecule has 0 saturated heterocycles. The van der Waals surface area contributed by atoms with Gasteiger partial charge in [-0.15, -0.1) is 0 Å². The van der Waals surface area contributed by atoms with E-state index in [1.807, 2.05) is 6.92 Å². The molecule has 1 heterocycles. The van der Waals surface area contributed by atoms with Crippen molar-refractivity contribution in [2.24, 2.45) is 0 Å². The third-order valence-electron chi connectivity index (χ3n) is 6.11. The van der Waals surface area contributed by atoms with Crippen LogP contribution in [0.1, 0.15) is 53.3 Å². The first kappa shape index (κ1) is 27.3. The molecule has 198 valence electrons. The number of carbonyl (C=O) groups is 3. The molecular weight excluding hydrogens is 528 g/mol. The van der Waals surface area contributed by atoms with Crippen LogP contribution in [-0.2, 0) is 14.8 Å². The fraction of sp³-hybridized carbons (Fsp3) is 0.250. The molecule has 0 atom stereocenters. The molecule has 0 spiro atoms. The highest BCUT2D eigenvalue weighted by Gasteiger charge is 2.34. The Balaban J connectivity index is 1.42. The summed E-state index contributed by atoms with van der Waals surface area (Å²) in [6.45, 7) is 2.51. The molecule has 0 unspecified atom stereocenters. The monoisotopic (exact) mass is 554 g/mol. The van der Waals surface area contributed by atoms with Gasteiger partial charge in [0.25, 0.3) is 21.8 Å². The summed E-state index contributed by atoms with van der Waals surface area (Å²) in [5.41, 5.74) is 0.983. The normalized spacial score (nSPS) is 12.9. The maximum atomic E-state index is 13.5. The molecule has 3 amide bonds. The van der Waals surface area contributed by atoms with Gasteiger partial charge in [-0.2, -0.15) is 0 Å². The van der Waals surface area contributed by atoms with E-state index in [0.29, 0.717) is 47.8 Å². The minimum absolute atomic E-state index is 0.0395. The average Bonchev–Trinajstić information content (AvgIpc) is 3.15. The second-order valence-electron chi connectivity index (χ2n) is 8.66. The number of unbranched alkanes of at least 4 members (excludes halogenated alkanes) is 2. The van der Waals surface area contributed by atoms with Crippen molar-refractivity contribution in [3.05, 3.63) is 88.9 Å². The van der Waals surface area contributed by atoms with E-state index >= 15 is 0 Å². The Morgan fingerprint density at radius 2 is 1.47 bits per heavy atom. The van der Waals surface area contributed by atoms with Crippen molar-refractivity contribution >= 4 is 45.0 Å². The number of carbonyl (C=O) groups excluding carboxylic acids is 3. The van der Waals surface area contributed by atoms with Crippen molar-refractivity contribution in [2.75, 3.05) is 17.5 Å². The first-order chi connectivity index (χ1) is 18.2. The summed E-state index contributed by atoms with van der Waals surface area (Å²) >= 11 is 5.92. The van der Waals surface area contributed by atoms with Gasteiger partial charge < -0.3 is 4.74 Å². The SMILES string of the molecule is CCOc1ccc(N(C(=O)CCCCCN2C(=O)c3ccccc3C2=O)S(=O)(=O)c2ccc(Cl)cc2)cc1. The molecule has 0 N–H and O–H groups in total. The number of anilines is 1. The number of rotatable bonds is 11. The fourth-order valence-corrected chi connectivity index (χ4v) is 5.82. The first-order valence-corrected chi connectivity index (χ1v) is 14.1. The lowest BCUT2D eigenvalue weighted by Crippen LogP contribution is -2.37. The highest BCUT2D eigenvalue weighted by atomic mass is 35.5. The third-order valence-corrected chi connectivity index (χ3v) is 8.13. The molecule has 8 nitrogen and oxygen atoms in total. The summed E-state index contributed by atoms with van der Waals surface area (Å²) in [6.07, 6.45) is 1.36. The van der Waals surface area contributed by atoms with Gasteiger partial charge in [-0.25, -0.2) is 12.7 Å². The lowest BCUT2D eigenvalue weighted by atomic mass is 10.1. The van der Waals surface area contributed by atoms with Gasteiger partial charge in [-0.1, -0.05) is 30.2 Å². The second kappa shape index (κ2) is 11.8. The molecular formula is C28H27ClN2O6S. The van der Waals surface area contributed by atoms with E-state index in [9.17, 15) is 22.8 Å². The second-order valence-corrected chi connectivity index (χ2v) is 10.9. The quantitative estimate of drug-likeness (QED) is 0.235. The predicted molar refractivity (Wildman–Crippen MR) is 144 cm³/mol. The van der Waals surface area contributed by atoms with Crippen LogP contribution in [0.4, 0.5) is 5.69 Å². The zero-order valence-corrected chi connectivity index (χ0v) is 22.4. The molecule has 0 aliphatic carbocycles. The molecule has 3 aromatic rings. The van der Waals surface area contributed by atoms with E-state index in [0.717, 1.165) is 4.31 Å². The molecule has 0 saturated carbocycles. The first-order valence-electron chi connectivity index (χ1n) is 12.3. The third kappa shape index (κ3) is 5.74. The molecule has 3 aromatic carbocycles. The van der Waals surface area contributed by atoms with Crippen LogP contribution >= 0.6 is 11.6 Å². The van der Waals surface area contributed by atoms with Crippen LogP contribution in [0.2, 0.25) is 5.02 Å². The largest absolute Gasteiger partial charge is 0.494 e. The number of ether oxygens (including phenoxy) is 1. The van der Waals surface area contributed by atoms with Crippen LogP contribution in [-0.4, -0.2) is 44.2 Å². The van der Waals surface area contributed by atoms with Gasteiger partial charge in [-0.05, 0) is 80.4 Å². The maximum absolute atomic E-state index is 13.5. The van der Waals surface area contributed by atoms with Gasteiger partial charge >= 0.3 is 0 Å². The number of sulfonamides is 1. The number of imide groups is 1. The summed E-state index contributed by atoms with van der Waals surface area (Å²) in [7, 11) is -4.21. The van der Waals surface area contributed by atoms with Crippen molar-refractivity contribution < 1.29 is 27.5 Å². The summed E-state index contributed by atoms with van der Waals surface area (Å²) in [5.74, 6) is -0.680. The number of nitrogens with zero attached hydrogens (tertiary/aromatic N) is 2. The molecule has 0 radical (unpaired) electrons. The van der Waals surface area contributed by atoms with E-state index in [-0.39, 0.29) is 35.4 Å². The molecule has 1 aliphatic heterocycles. The summed E-state index contributed by atoms with van der Waals surface area (Å²) in [4.78, 5) is 39.5. The number of hydrogen-bond acceptors (Lipinski definition) is 6. The molecule has 0 aromatic heterocycles. The standard InChI is InChI=1S/C28H27ClN2O6S/c1-2-37-22-15-13-21(14-16-22)31(38(35,36)23-17-11-20(29)12-18-23)26(32)10-4-3-7-19-30-27(33)24-8-5-6-9-25(24)28(30)34/h5-6,8-9,11-18H,2-4,7,10,19H2,1H3. The van der Waals surface area contributed by atoms with E-state index in [2.05, 4.69) is 0 Å². The summed E-state index contributed by atoms with van der Waals surface area (Å²) < 4.78 is 33.2. The van der Waals surface area contributed by atoms with Crippen LogP contribution in [0.15, 0.2) is 77.7 Å². The Labute approximate surface area is 226 Å². The zero-order valence-electron chi connectivity index (χ0n) is 20.8. The van der Waals surface area contributed by atoms with E-state index in [4.69, 9.17) is 16.3 Å². The van der Waals surface area contributed by atoms with Gasteiger partial charge in [0.05, 0.1) is 28.3 Å². The Kier molecular flexibility index (Phi) is 8.48. The van der Waals surface area contributed by atoms with E-state index in [1.165, 1.54) is 41.3 Å². The minimum atomic E-state index is -4.21. The van der Waals surface area contributed by atoms with Gasteiger partial charge in [0, 0.05) is 18.0 Å². The number of amides is 3. The van der Waals surface area contributed by atoms with Crippen LogP contribution in [0.5, 0.6) is 5.75 Å². The average molecular weight is 555 g/mol. The lowest BCUT2D eigenvalue weighted by Gasteiger charge is -2.23. The van der Waals surface area contributed by atoms with Gasteiger partial charge in [0.2, 0.25) is 5.91 Å². The van der Waals surface area contributed by atoms with Crippen molar-refractivity contribution in [3.8, 4) is 5.75 Å². The minimum Gasteiger partial charge on any atom is -0.494 e. The van der Waals surface area contributed by atoms with Crippen LogP contribution in [0.25, 0.3) is 0 Å². The Bertz CT molecular complexity index is 1400. The van der Waals surface area contributed by atoms with Gasteiger partial charge in [0.1, 0.15) is 5.75 Å². The Morgan fingerprint density at radius 1 is 0.868 bits per heavy atom.